The highest BCUT2D eigenvalue weighted by molar-refractivity contribution is 6.01. The molecule has 2 aliphatic rings. The largest absolute Gasteiger partial charge is 0.495 e. The van der Waals surface area contributed by atoms with Crippen molar-refractivity contribution in [3.05, 3.63) is 24.3 Å². The highest BCUT2D eigenvalue weighted by Crippen LogP contribution is 2.39. The van der Waals surface area contributed by atoms with Gasteiger partial charge < -0.3 is 20.7 Å². The van der Waals surface area contributed by atoms with E-state index in [2.05, 4.69) is 5.32 Å². The molecule has 6 heteroatoms. The fourth-order valence-corrected chi connectivity index (χ4v) is 3.39. The Hall–Kier alpha value is -2.08. The molecular formula is C18H25N3O3. The van der Waals surface area contributed by atoms with Crippen molar-refractivity contribution < 1.29 is 14.3 Å². The van der Waals surface area contributed by atoms with E-state index in [4.69, 9.17) is 10.5 Å². The predicted octanol–water partition coefficient (Wildman–Crippen LogP) is 1.29. The Kier molecular flexibility index (Phi) is 4.49. The second-order valence-corrected chi connectivity index (χ2v) is 6.96. The van der Waals surface area contributed by atoms with Gasteiger partial charge in [-0.3, -0.25) is 9.59 Å². The molecule has 3 rings (SSSR count). The SMILES string of the molecule is COc1ccccc1N1CC(C(=O)NC(C)(CN)C2CC2)CC1=O. The Bertz CT molecular complexity index is 644. The van der Waals surface area contributed by atoms with Gasteiger partial charge in [-0.1, -0.05) is 12.1 Å². The summed E-state index contributed by atoms with van der Waals surface area (Å²) in [5, 5.41) is 3.09. The fraction of sp³-hybridized carbons (Fsp3) is 0.556. The number of anilines is 1. The second kappa shape index (κ2) is 6.43. The number of carbonyl (C=O) groups excluding carboxylic acids is 2. The van der Waals surface area contributed by atoms with Crippen molar-refractivity contribution in [2.45, 2.75) is 31.7 Å². The third-order valence-corrected chi connectivity index (χ3v) is 5.18. The number of nitrogens with two attached hydrogens (primary N) is 1. The quantitative estimate of drug-likeness (QED) is 0.823. The minimum atomic E-state index is -0.363. The van der Waals surface area contributed by atoms with E-state index in [0.717, 1.165) is 12.8 Å². The fourth-order valence-electron chi connectivity index (χ4n) is 3.39. The number of nitrogens with zero attached hydrogens (tertiary/aromatic N) is 1. The van der Waals surface area contributed by atoms with Gasteiger partial charge in [0.2, 0.25) is 11.8 Å². The number of hydrogen-bond donors (Lipinski definition) is 2. The Balaban J connectivity index is 1.71. The molecule has 1 aliphatic heterocycles. The Labute approximate surface area is 142 Å². The first-order valence-corrected chi connectivity index (χ1v) is 8.44. The Morgan fingerprint density at radius 2 is 2.12 bits per heavy atom. The van der Waals surface area contributed by atoms with Crippen molar-refractivity contribution in [1.82, 2.24) is 5.32 Å². The van der Waals surface area contributed by atoms with Gasteiger partial charge in [-0.15, -0.1) is 0 Å². The van der Waals surface area contributed by atoms with Crippen LogP contribution in [0.25, 0.3) is 0 Å². The van der Waals surface area contributed by atoms with E-state index in [1.54, 1.807) is 12.0 Å². The van der Waals surface area contributed by atoms with Crippen LogP contribution in [0, 0.1) is 11.8 Å². The van der Waals surface area contributed by atoms with Crippen molar-refractivity contribution in [2.75, 3.05) is 25.1 Å². The molecular weight excluding hydrogens is 306 g/mol. The summed E-state index contributed by atoms with van der Waals surface area (Å²) in [5.41, 5.74) is 6.22. The highest BCUT2D eigenvalue weighted by atomic mass is 16.5. The van der Waals surface area contributed by atoms with Gasteiger partial charge in [0.1, 0.15) is 5.75 Å². The summed E-state index contributed by atoms with van der Waals surface area (Å²) in [6, 6.07) is 7.37. The molecule has 130 valence electrons. The van der Waals surface area contributed by atoms with Crippen LogP contribution in [0.3, 0.4) is 0 Å². The summed E-state index contributed by atoms with van der Waals surface area (Å²) in [4.78, 5) is 26.7. The molecule has 2 atom stereocenters. The molecule has 2 amide bonds. The minimum absolute atomic E-state index is 0.0551. The number of rotatable bonds is 6. The van der Waals surface area contributed by atoms with Crippen LogP contribution in [0.1, 0.15) is 26.2 Å². The van der Waals surface area contributed by atoms with E-state index in [9.17, 15) is 9.59 Å². The van der Waals surface area contributed by atoms with Crippen molar-refractivity contribution in [3.63, 3.8) is 0 Å². The number of methoxy groups -OCH3 is 1. The van der Waals surface area contributed by atoms with Gasteiger partial charge in [0.15, 0.2) is 0 Å². The van der Waals surface area contributed by atoms with Crippen LogP contribution in [0.2, 0.25) is 0 Å². The first-order valence-electron chi connectivity index (χ1n) is 8.44. The number of para-hydroxylation sites is 2. The molecule has 0 aromatic heterocycles. The number of amides is 2. The summed E-state index contributed by atoms with van der Waals surface area (Å²) < 4.78 is 5.33. The van der Waals surface area contributed by atoms with Crippen molar-refractivity contribution in [2.24, 2.45) is 17.6 Å². The van der Waals surface area contributed by atoms with Crippen molar-refractivity contribution >= 4 is 17.5 Å². The van der Waals surface area contributed by atoms with Crippen LogP contribution in [0.15, 0.2) is 24.3 Å². The van der Waals surface area contributed by atoms with Gasteiger partial charge in [0.25, 0.3) is 0 Å². The van der Waals surface area contributed by atoms with Gasteiger partial charge >= 0.3 is 0 Å². The van der Waals surface area contributed by atoms with E-state index in [1.165, 1.54) is 0 Å². The first-order chi connectivity index (χ1) is 11.5. The van der Waals surface area contributed by atoms with Crippen LogP contribution in [0.5, 0.6) is 5.75 Å². The number of ether oxygens (including phenoxy) is 1. The van der Waals surface area contributed by atoms with Gasteiger partial charge in [-0.2, -0.15) is 0 Å². The van der Waals surface area contributed by atoms with E-state index >= 15 is 0 Å². The lowest BCUT2D eigenvalue weighted by molar-refractivity contribution is -0.128. The average molecular weight is 331 g/mol. The van der Waals surface area contributed by atoms with E-state index in [1.807, 2.05) is 31.2 Å². The zero-order chi connectivity index (χ0) is 17.3. The molecule has 1 heterocycles. The third-order valence-electron chi connectivity index (χ3n) is 5.18. The standard InChI is InChI=1S/C18H25N3O3/c1-18(11-19,13-7-8-13)20-17(23)12-9-16(22)21(10-12)14-5-3-4-6-15(14)24-2/h3-6,12-13H,7-11,19H2,1-2H3,(H,20,23). The molecule has 6 nitrogen and oxygen atoms in total. The maximum Gasteiger partial charge on any atom is 0.227 e. The average Bonchev–Trinajstić information content (AvgIpc) is 3.38. The van der Waals surface area contributed by atoms with Crippen molar-refractivity contribution in [1.29, 1.82) is 0 Å². The maximum atomic E-state index is 12.7. The number of nitrogens with one attached hydrogen (secondary N) is 1. The summed E-state index contributed by atoms with van der Waals surface area (Å²) in [6.07, 6.45) is 2.42. The molecule has 1 saturated heterocycles. The van der Waals surface area contributed by atoms with Gasteiger partial charge in [-0.25, -0.2) is 0 Å². The molecule has 24 heavy (non-hydrogen) atoms. The van der Waals surface area contributed by atoms with E-state index in [0.29, 0.717) is 30.4 Å². The molecule has 0 radical (unpaired) electrons. The molecule has 2 fully saturated rings. The van der Waals surface area contributed by atoms with Gasteiger partial charge in [0, 0.05) is 19.5 Å². The molecule has 2 unspecified atom stereocenters. The summed E-state index contributed by atoms with van der Waals surface area (Å²) >= 11 is 0. The number of carbonyl (C=O) groups is 2. The summed E-state index contributed by atoms with van der Waals surface area (Å²) in [6.45, 7) is 2.79. The first kappa shape index (κ1) is 16.8. The Morgan fingerprint density at radius 3 is 2.75 bits per heavy atom. The molecule has 1 aromatic rings. The van der Waals surface area contributed by atoms with Crippen LogP contribution in [0.4, 0.5) is 5.69 Å². The van der Waals surface area contributed by atoms with E-state index < -0.39 is 0 Å². The lowest BCUT2D eigenvalue weighted by Crippen LogP contribution is -2.54. The normalized spacial score (nSPS) is 23.0. The number of hydrogen-bond acceptors (Lipinski definition) is 4. The zero-order valence-electron chi connectivity index (χ0n) is 14.2. The molecule has 1 aliphatic carbocycles. The third kappa shape index (κ3) is 3.11. The minimum Gasteiger partial charge on any atom is -0.495 e. The zero-order valence-corrected chi connectivity index (χ0v) is 14.2. The van der Waals surface area contributed by atoms with Gasteiger partial charge in [0.05, 0.1) is 24.3 Å². The smallest absolute Gasteiger partial charge is 0.227 e. The van der Waals surface area contributed by atoms with Gasteiger partial charge in [-0.05, 0) is 37.8 Å². The lowest BCUT2D eigenvalue weighted by Gasteiger charge is -2.30. The summed E-state index contributed by atoms with van der Waals surface area (Å²) in [7, 11) is 1.58. The summed E-state index contributed by atoms with van der Waals surface area (Å²) in [5.74, 6) is 0.596. The molecule has 1 saturated carbocycles. The molecule has 3 N–H and O–H groups in total. The highest BCUT2D eigenvalue weighted by Gasteiger charge is 2.44. The van der Waals surface area contributed by atoms with Crippen LogP contribution in [-0.4, -0.2) is 37.6 Å². The Morgan fingerprint density at radius 1 is 1.42 bits per heavy atom. The molecule has 0 spiro atoms. The molecule has 1 aromatic carbocycles. The second-order valence-electron chi connectivity index (χ2n) is 6.96. The van der Waals surface area contributed by atoms with Crippen molar-refractivity contribution in [3.8, 4) is 5.75 Å². The van der Waals surface area contributed by atoms with Crippen LogP contribution < -0.4 is 20.7 Å². The monoisotopic (exact) mass is 331 g/mol. The van der Waals surface area contributed by atoms with E-state index in [-0.39, 0.29) is 29.7 Å². The maximum absolute atomic E-state index is 12.7. The predicted molar refractivity (Wildman–Crippen MR) is 91.8 cm³/mol. The lowest BCUT2D eigenvalue weighted by atomic mass is 9.94. The topological polar surface area (TPSA) is 84.7 Å². The number of benzene rings is 1. The van der Waals surface area contributed by atoms with Crippen LogP contribution in [-0.2, 0) is 9.59 Å². The van der Waals surface area contributed by atoms with Crippen LogP contribution >= 0.6 is 0 Å². The molecule has 0 bridgehead atoms.